The third-order valence-electron chi connectivity index (χ3n) is 2.60. The van der Waals surface area contributed by atoms with Crippen molar-refractivity contribution in [3.63, 3.8) is 0 Å². The first kappa shape index (κ1) is 14.0. The number of carbonyl (C=O) groups excluding carboxylic acids is 1. The normalized spacial score (nSPS) is 10.2. The number of halogens is 1. The number of aromatic hydroxyl groups is 1. The summed E-state index contributed by atoms with van der Waals surface area (Å²) in [5, 5.41) is 12.9. The zero-order valence-electron chi connectivity index (χ0n) is 10.1. The van der Waals surface area contributed by atoms with Crippen LogP contribution in [0.1, 0.15) is 15.9 Å². The summed E-state index contributed by atoms with van der Waals surface area (Å²) < 4.78 is 0.899. The number of hydrogen-bond donors (Lipinski definition) is 2. The Balaban J connectivity index is 2.08. The zero-order chi connectivity index (χ0) is 13.8. The van der Waals surface area contributed by atoms with Crippen molar-refractivity contribution in [2.75, 3.05) is 0 Å². The van der Waals surface area contributed by atoms with E-state index in [1.165, 1.54) is 22.9 Å². The summed E-state index contributed by atoms with van der Waals surface area (Å²) in [6.07, 6.45) is 0. The minimum atomic E-state index is -0.227. The van der Waals surface area contributed by atoms with Crippen LogP contribution in [-0.4, -0.2) is 27.9 Å². The van der Waals surface area contributed by atoms with Crippen LogP contribution in [0.5, 0.6) is 5.75 Å². The Kier molecular flexibility index (Phi) is 4.51. The van der Waals surface area contributed by atoms with E-state index in [1.54, 1.807) is 18.2 Å². The Hall–Kier alpha value is -1.44. The Bertz CT molecular complexity index is 596. The van der Waals surface area contributed by atoms with E-state index < -0.39 is 0 Å². The molecule has 1 atom stereocenters. The van der Waals surface area contributed by atoms with Crippen molar-refractivity contribution in [2.24, 2.45) is 0 Å². The van der Waals surface area contributed by atoms with Gasteiger partial charge < -0.3 is 0 Å². The van der Waals surface area contributed by atoms with E-state index in [1.807, 2.05) is 18.2 Å². The predicted octanol–water partition coefficient (Wildman–Crippen LogP) is 1.23. The molecule has 2 rings (SSSR count). The molecule has 2 aromatic carbocycles. The van der Waals surface area contributed by atoms with Gasteiger partial charge >= 0.3 is 125 Å². The number of phenols is 1. The maximum atomic E-state index is 12.0. The first-order valence-corrected chi connectivity index (χ1v) is 7.26. The van der Waals surface area contributed by atoms with E-state index in [0.29, 0.717) is 17.1 Å². The van der Waals surface area contributed by atoms with Crippen molar-refractivity contribution >= 4 is 38.7 Å². The second-order valence-electron chi connectivity index (χ2n) is 4.09. The molecule has 98 valence electrons. The van der Waals surface area contributed by atoms with E-state index in [2.05, 4.69) is 5.32 Å². The Morgan fingerprint density at radius 1 is 1.26 bits per heavy atom. The van der Waals surface area contributed by atoms with Crippen LogP contribution in [0.25, 0.3) is 0 Å². The van der Waals surface area contributed by atoms with E-state index >= 15 is 0 Å². The summed E-state index contributed by atoms with van der Waals surface area (Å²) in [7, 11) is 0. The molecule has 3 nitrogen and oxygen atoms in total. The Morgan fingerprint density at radius 3 is 2.68 bits per heavy atom. The number of phenolic OH excluding ortho intramolecular Hbond substituents is 1. The van der Waals surface area contributed by atoms with Crippen LogP contribution in [0.4, 0.5) is 0 Å². The maximum absolute atomic E-state index is 12.0. The molecule has 0 aromatic heterocycles. The molecule has 5 heteroatoms. The summed E-state index contributed by atoms with van der Waals surface area (Å²) in [6.45, 7) is 0.359. The number of carbonyl (C=O) groups is 1. The van der Waals surface area contributed by atoms with E-state index in [4.69, 9.17) is 11.6 Å². The van der Waals surface area contributed by atoms with Gasteiger partial charge in [0, 0.05) is 0 Å². The van der Waals surface area contributed by atoms with Crippen LogP contribution >= 0.6 is 11.6 Å². The van der Waals surface area contributed by atoms with Gasteiger partial charge in [0.15, 0.2) is 0 Å². The number of amides is 1. The van der Waals surface area contributed by atoms with Gasteiger partial charge in [-0.05, 0) is 0 Å². The number of nitrogens with one attached hydrogen (secondary N) is 1. The van der Waals surface area contributed by atoms with E-state index in [-0.39, 0.29) is 11.7 Å². The minimum absolute atomic E-state index is 0.102. The molecule has 0 aliphatic carbocycles. The van der Waals surface area contributed by atoms with Gasteiger partial charge in [-0.15, -0.1) is 0 Å². The molecule has 0 saturated carbocycles. The molecular weight excluding hydrogens is 325 g/mol. The van der Waals surface area contributed by atoms with Crippen LogP contribution < -0.4 is 9.67 Å². The molecule has 2 aromatic rings. The molecule has 1 unspecified atom stereocenters. The average molecular weight is 338 g/mol. The summed E-state index contributed by atoms with van der Waals surface area (Å²) in [5.74, 6) is -0.125. The van der Waals surface area contributed by atoms with Crippen LogP contribution in [-0.2, 0) is 6.54 Å². The topological polar surface area (TPSA) is 49.3 Å². The van der Waals surface area contributed by atoms with Gasteiger partial charge in [0.05, 0.1) is 0 Å². The summed E-state index contributed by atoms with van der Waals surface area (Å²) in [4.78, 5) is 12.0. The van der Waals surface area contributed by atoms with E-state index in [0.717, 1.165) is 9.91 Å². The Morgan fingerprint density at radius 2 is 2.00 bits per heavy atom. The number of benzene rings is 2. The molecule has 1 amide bonds. The fraction of sp³-hybridized carbons (Fsp3) is 0.0714. The number of rotatable bonds is 3. The van der Waals surface area contributed by atoms with Gasteiger partial charge in [-0.25, -0.2) is 0 Å². The molecule has 0 bridgehead atoms. The quantitative estimate of drug-likeness (QED) is 0.828. The standard InChI is InChI=1S/C14H13AsClNO2/c15-11-5-10(6-12(18)7-11)14(19)17-8-9-3-1-2-4-13(9)16/h1-7,18H,8,15H2,(H,17,19). The second kappa shape index (κ2) is 6.14. The van der Waals surface area contributed by atoms with Gasteiger partial charge in [-0.1, -0.05) is 0 Å². The molecule has 0 fully saturated rings. The Labute approximate surface area is 125 Å². The molecule has 0 spiro atoms. The van der Waals surface area contributed by atoms with Gasteiger partial charge in [0.2, 0.25) is 0 Å². The predicted molar refractivity (Wildman–Crippen MR) is 78.9 cm³/mol. The third kappa shape index (κ3) is 3.76. The zero-order valence-corrected chi connectivity index (χ0v) is 13.2. The van der Waals surface area contributed by atoms with Gasteiger partial charge in [0.25, 0.3) is 0 Å². The van der Waals surface area contributed by atoms with Crippen LogP contribution in [0.3, 0.4) is 0 Å². The fourth-order valence-corrected chi connectivity index (χ4v) is 2.62. The van der Waals surface area contributed by atoms with Crippen molar-refractivity contribution in [2.45, 2.75) is 6.54 Å². The molecule has 0 aliphatic rings. The summed E-state index contributed by atoms with van der Waals surface area (Å²) in [6, 6.07) is 12.2. The van der Waals surface area contributed by atoms with Crippen molar-refractivity contribution in [1.29, 1.82) is 0 Å². The molecule has 0 radical (unpaired) electrons. The van der Waals surface area contributed by atoms with Crippen molar-refractivity contribution < 1.29 is 9.90 Å². The van der Waals surface area contributed by atoms with Crippen molar-refractivity contribution in [3.05, 3.63) is 58.6 Å². The molecule has 0 aliphatic heterocycles. The summed E-state index contributed by atoms with van der Waals surface area (Å²) in [5.41, 5.74) is 1.31. The van der Waals surface area contributed by atoms with Crippen LogP contribution in [0.15, 0.2) is 42.5 Å². The van der Waals surface area contributed by atoms with Gasteiger partial charge in [-0.3, -0.25) is 0 Å². The number of hydrogen-bond acceptors (Lipinski definition) is 2. The fourth-order valence-electron chi connectivity index (χ4n) is 1.69. The van der Waals surface area contributed by atoms with Crippen LogP contribution in [0.2, 0.25) is 5.02 Å². The van der Waals surface area contributed by atoms with Crippen molar-refractivity contribution in [1.82, 2.24) is 5.32 Å². The average Bonchev–Trinajstić information content (AvgIpc) is 2.36. The molecule has 2 N–H and O–H groups in total. The molecule has 19 heavy (non-hydrogen) atoms. The monoisotopic (exact) mass is 337 g/mol. The second-order valence-corrected chi connectivity index (χ2v) is 5.89. The van der Waals surface area contributed by atoms with Crippen molar-refractivity contribution in [3.8, 4) is 5.75 Å². The molecule has 0 heterocycles. The SMILES string of the molecule is O=C(NCc1ccccc1Cl)c1cc(O)cc([AsH2])c1. The first-order chi connectivity index (χ1) is 9.06. The van der Waals surface area contributed by atoms with E-state index in [9.17, 15) is 9.90 Å². The van der Waals surface area contributed by atoms with Gasteiger partial charge in [0.1, 0.15) is 0 Å². The third-order valence-corrected chi connectivity index (χ3v) is 3.67. The first-order valence-electron chi connectivity index (χ1n) is 5.67. The molecular formula is C14H13AsClNO2. The molecule has 0 saturated heterocycles. The van der Waals surface area contributed by atoms with Crippen LogP contribution in [0, 0.1) is 0 Å². The van der Waals surface area contributed by atoms with Gasteiger partial charge in [-0.2, -0.15) is 0 Å². The summed E-state index contributed by atoms with van der Waals surface area (Å²) >= 11 is 7.37.